The van der Waals surface area contributed by atoms with Crippen LogP contribution in [0, 0.1) is 0 Å². The minimum absolute atomic E-state index is 0.155. The topological polar surface area (TPSA) is 85.9 Å². The molecule has 7 nitrogen and oxygen atoms in total. The van der Waals surface area contributed by atoms with Gasteiger partial charge in [-0.3, -0.25) is 0 Å². The lowest BCUT2D eigenvalue weighted by atomic mass is 10.0. The van der Waals surface area contributed by atoms with Crippen molar-refractivity contribution in [1.82, 2.24) is 9.78 Å². The lowest BCUT2D eigenvalue weighted by Gasteiger charge is -2.17. The van der Waals surface area contributed by atoms with Gasteiger partial charge in [-0.05, 0) is 24.3 Å². The zero-order valence-electron chi connectivity index (χ0n) is 14.4. The average molecular weight is 386 g/mol. The number of rotatable bonds is 7. The van der Waals surface area contributed by atoms with Gasteiger partial charge in [0.1, 0.15) is 11.3 Å². The Morgan fingerprint density at radius 1 is 1.22 bits per heavy atom. The molecule has 1 heterocycles. The maximum absolute atomic E-state index is 11.1. The molecule has 0 saturated carbocycles. The lowest BCUT2D eigenvalue weighted by Crippen LogP contribution is -2.06. The fourth-order valence-electron chi connectivity index (χ4n) is 2.59. The Bertz CT molecular complexity index is 955. The van der Waals surface area contributed by atoms with Crippen LogP contribution in [0.1, 0.15) is 27.6 Å². The summed E-state index contributed by atoms with van der Waals surface area (Å²) in [6.45, 7) is 3.37. The predicted octanol–water partition coefficient (Wildman–Crippen LogP) is 4.29. The van der Waals surface area contributed by atoms with Crippen LogP contribution in [0.15, 0.2) is 59.8 Å². The summed E-state index contributed by atoms with van der Waals surface area (Å²) >= 11 is 6.33. The van der Waals surface area contributed by atoms with Crippen LogP contribution in [0.5, 0.6) is 11.6 Å². The molecule has 3 rings (SSSR count). The molecule has 1 N–H and O–H groups in total. The SMILES string of the molecule is C=NOC(c1ccc(C(=O)O)cc1)c1c(Cl)nn(C)c1Oc1ccccc1. The third-order valence-electron chi connectivity index (χ3n) is 3.84. The van der Waals surface area contributed by atoms with E-state index in [1.54, 1.807) is 31.3 Å². The molecule has 0 fully saturated rings. The average Bonchev–Trinajstić information content (AvgIpc) is 2.94. The Balaban J connectivity index is 2.05. The Morgan fingerprint density at radius 3 is 2.48 bits per heavy atom. The predicted molar refractivity (Wildman–Crippen MR) is 101 cm³/mol. The van der Waals surface area contributed by atoms with Gasteiger partial charge in [-0.1, -0.05) is 41.9 Å². The number of benzene rings is 2. The van der Waals surface area contributed by atoms with E-state index < -0.39 is 12.1 Å². The highest BCUT2D eigenvalue weighted by Crippen LogP contribution is 2.39. The minimum atomic E-state index is -1.02. The van der Waals surface area contributed by atoms with Gasteiger partial charge in [0.2, 0.25) is 5.88 Å². The first-order valence-corrected chi connectivity index (χ1v) is 8.29. The lowest BCUT2D eigenvalue weighted by molar-refractivity contribution is 0.0696. The van der Waals surface area contributed by atoms with Crippen molar-refractivity contribution in [2.75, 3.05) is 0 Å². The second kappa shape index (κ2) is 7.92. The molecule has 0 bridgehead atoms. The van der Waals surface area contributed by atoms with Gasteiger partial charge in [-0.25, -0.2) is 9.48 Å². The molecule has 3 aromatic rings. The van der Waals surface area contributed by atoms with E-state index in [0.29, 0.717) is 22.8 Å². The fraction of sp³-hybridized carbons (Fsp3) is 0.105. The zero-order chi connectivity index (χ0) is 19.4. The number of para-hydroxylation sites is 1. The maximum Gasteiger partial charge on any atom is 0.335 e. The van der Waals surface area contributed by atoms with Crippen LogP contribution >= 0.6 is 11.6 Å². The van der Waals surface area contributed by atoms with E-state index in [-0.39, 0.29) is 10.7 Å². The number of aromatic carboxylic acids is 1. The number of aryl methyl sites for hydroxylation is 1. The van der Waals surface area contributed by atoms with Gasteiger partial charge in [-0.2, -0.15) is 5.10 Å². The van der Waals surface area contributed by atoms with Crippen molar-refractivity contribution in [3.8, 4) is 11.6 Å². The normalized spacial score (nSPS) is 11.6. The molecule has 8 heteroatoms. The van der Waals surface area contributed by atoms with E-state index in [1.807, 2.05) is 18.2 Å². The molecule has 0 amide bonds. The second-order valence-electron chi connectivity index (χ2n) is 5.59. The number of oxime groups is 1. The van der Waals surface area contributed by atoms with E-state index in [4.69, 9.17) is 26.3 Å². The number of hydrogen-bond acceptors (Lipinski definition) is 5. The summed E-state index contributed by atoms with van der Waals surface area (Å²) in [5.41, 5.74) is 1.24. The van der Waals surface area contributed by atoms with Gasteiger partial charge in [0.05, 0.1) is 5.56 Å². The molecule has 1 atom stereocenters. The summed E-state index contributed by atoms with van der Waals surface area (Å²) in [5, 5.41) is 17.0. The summed E-state index contributed by atoms with van der Waals surface area (Å²) in [6, 6.07) is 15.3. The van der Waals surface area contributed by atoms with Crippen molar-refractivity contribution in [1.29, 1.82) is 0 Å². The molecule has 0 aliphatic rings. The molecule has 0 aliphatic carbocycles. The van der Waals surface area contributed by atoms with Crippen molar-refractivity contribution >= 4 is 24.3 Å². The number of nitrogens with zero attached hydrogens (tertiary/aromatic N) is 3. The van der Waals surface area contributed by atoms with Crippen molar-refractivity contribution in [2.24, 2.45) is 12.2 Å². The minimum Gasteiger partial charge on any atom is -0.478 e. The van der Waals surface area contributed by atoms with Crippen LogP contribution in [-0.4, -0.2) is 27.6 Å². The summed E-state index contributed by atoms with van der Waals surface area (Å²) < 4.78 is 7.45. The van der Waals surface area contributed by atoms with Crippen LogP contribution in [0.3, 0.4) is 0 Å². The first-order chi connectivity index (χ1) is 13.0. The molecule has 138 valence electrons. The summed E-state index contributed by atoms with van der Waals surface area (Å²) in [7, 11) is 1.69. The second-order valence-corrected chi connectivity index (χ2v) is 5.95. The Kier molecular flexibility index (Phi) is 5.42. The number of halogens is 1. The molecule has 27 heavy (non-hydrogen) atoms. The van der Waals surface area contributed by atoms with E-state index >= 15 is 0 Å². The van der Waals surface area contributed by atoms with Gasteiger partial charge < -0.3 is 14.7 Å². The Morgan fingerprint density at radius 2 is 1.89 bits per heavy atom. The van der Waals surface area contributed by atoms with Crippen molar-refractivity contribution < 1.29 is 19.5 Å². The first kappa shape index (κ1) is 18.5. The third kappa shape index (κ3) is 3.93. The zero-order valence-corrected chi connectivity index (χ0v) is 15.1. The molecule has 0 radical (unpaired) electrons. The van der Waals surface area contributed by atoms with Crippen LogP contribution in [-0.2, 0) is 11.9 Å². The Labute approximate surface area is 160 Å². The van der Waals surface area contributed by atoms with Gasteiger partial charge in [0.25, 0.3) is 0 Å². The van der Waals surface area contributed by atoms with Crippen molar-refractivity contribution in [3.05, 3.63) is 76.4 Å². The molecule has 0 saturated heterocycles. The fourth-order valence-corrected chi connectivity index (χ4v) is 2.88. The number of ether oxygens (including phenoxy) is 1. The summed E-state index contributed by atoms with van der Waals surface area (Å²) in [5.74, 6) is -0.0412. The van der Waals surface area contributed by atoms with E-state index in [2.05, 4.69) is 17.0 Å². The van der Waals surface area contributed by atoms with E-state index in [9.17, 15) is 4.79 Å². The van der Waals surface area contributed by atoms with Crippen LogP contribution in [0.4, 0.5) is 0 Å². The van der Waals surface area contributed by atoms with Gasteiger partial charge in [0.15, 0.2) is 11.3 Å². The van der Waals surface area contributed by atoms with E-state index in [1.165, 1.54) is 16.8 Å². The highest BCUT2D eigenvalue weighted by molar-refractivity contribution is 6.30. The van der Waals surface area contributed by atoms with Gasteiger partial charge >= 0.3 is 5.97 Å². The highest BCUT2D eigenvalue weighted by Gasteiger charge is 2.29. The summed E-state index contributed by atoms with van der Waals surface area (Å²) in [6.07, 6.45) is -0.773. The molecular formula is C19H16ClN3O4. The summed E-state index contributed by atoms with van der Waals surface area (Å²) in [4.78, 5) is 16.5. The molecule has 2 aromatic carbocycles. The number of carboxylic acid groups (broad SMARTS) is 1. The van der Waals surface area contributed by atoms with Gasteiger partial charge in [-0.15, -0.1) is 5.16 Å². The third-order valence-corrected chi connectivity index (χ3v) is 4.12. The number of aromatic nitrogens is 2. The molecule has 0 aliphatic heterocycles. The molecule has 0 spiro atoms. The Hall–Kier alpha value is -3.32. The standard InChI is InChI=1S/C19H16ClN3O4/c1-21-27-16(12-8-10-13(11-9-12)19(24)25)15-17(20)22-23(2)18(15)26-14-6-4-3-5-7-14/h3-11,16H,1H2,2H3,(H,24,25). The van der Waals surface area contributed by atoms with Crippen molar-refractivity contribution in [3.63, 3.8) is 0 Å². The quantitative estimate of drug-likeness (QED) is 0.484. The van der Waals surface area contributed by atoms with Crippen molar-refractivity contribution in [2.45, 2.75) is 6.10 Å². The number of hydrogen-bond donors (Lipinski definition) is 1. The number of carbonyl (C=O) groups is 1. The largest absolute Gasteiger partial charge is 0.478 e. The molecule has 1 aromatic heterocycles. The number of carboxylic acids is 1. The molecular weight excluding hydrogens is 370 g/mol. The monoisotopic (exact) mass is 385 g/mol. The maximum atomic E-state index is 11.1. The first-order valence-electron chi connectivity index (χ1n) is 7.91. The molecule has 1 unspecified atom stereocenters. The van der Waals surface area contributed by atoms with E-state index in [0.717, 1.165) is 0 Å². The highest BCUT2D eigenvalue weighted by atomic mass is 35.5. The van der Waals surface area contributed by atoms with Crippen LogP contribution < -0.4 is 4.74 Å². The van der Waals surface area contributed by atoms with Crippen LogP contribution in [0.25, 0.3) is 0 Å². The van der Waals surface area contributed by atoms with Gasteiger partial charge in [0, 0.05) is 19.3 Å². The van der Waals surface area contributed by atoms with Crippen LogP contribution in [0.2, 0.25) is 5.15 Å². The smallest absolute Gasteiger partial charge is 0.335 e.